The van der Waals surface area contributed by atoms with Crippen molar-refractivity contribution in [3.05, 3.63) is 11.9 Å². The maximum atomic E-state index is 4.62. The van der Waals surface area contributed by atoms with Crippen LogP contribution in [-0.4, -0.2) is 48.1 Å². The number of hydrogen-bond acceptors (Lipinski definition) is 5. The molecule has 114 valence electrons. The number of rotatable bonds is 7. The maximum Gasteiger partial charge on any atom is 0.138 e. The van der Waals surface area contributed by atoms with Crippen LogP contribution in [0, 0.1) is 0 Å². The van der Waals surface area contributed by atoms with Crippen LogP contribution in [0.3, 0.4) is 0 Å². The Labute approximate surface area is 123 Å². The zero-order valence-corrected chi connectivity index (χ0v) is 13.7. The Bertz CT molecular complexity index is 407. The molecule has 0 atom stereocenters. The van der Waals surface area contributed by atoms with Crippen molar-refractivity contribution in [2.24, 2.45) is 0 Å². The Hall–Kier alpha value is -1.36. The Balaban J connectivity index is 2.74. The highest BCUT2D eigenvalue weighted by molar-refractivity contribution is 5.47. The van der Waals surface area contributed by atoms with Crippen LogP contribution in [0.25, 0.3) is 0 Å². The van der Waals surface area contributed by atoms with Crippen molar-refractivity contribution < 1.29 is 0 Å². The number of aromatic nitrogens is 2. The fourth-order valence-electron chi connectivity index (χ4n) is 1.88. The third kappa shape index (κ3) is 4.96. The van der Waals surface area contributed by atoms with E-state index in [-0.39, 0.29) is 5.41 Å². The summed E-state index contributed by atoms with van der Waals surface area (Å²) in [6.07, 6.45) is 0. The zero-order chi connectivity index (χ0) is 15.2. The van der Waals surface area contributed by atoms with Crippen LogP contribution < -0.4 is 10.6 Å². The molecule has 1 aromatic rings. The molecule has 2 N–H and O–H groups in total. The Kier molecular flexibility index (Phi) is 6.20. The quantitative estimate of drug-likeness (QED) is 0.803. The molecule has 0 fully saturated rings. The van der Waals surface area contributed by atoms with Gasteiger partial charge in [-0.2, -0.15) is 0 Å². The molecule has 0 amide bonds. The van der Waals surface area contributed by atoms with E-state index in [2.05, 4.69) is 60.1 Å². The topological polar surface area (TPSA) is 53.1 Å². The SMILES string of the molecule is CCN(CC)CCNc1cc(NC)nc(C(C)(C)C)n1. The fraction of sp³-hybridized carbons (Fsp3) is 0.733. The highest BCUT2D eigenvalue weighted by atomic mass is 15.1. The summed E-state index contributed by atoms with van der Waals surface area (Å²) >= 11 is 0. The van der Waals surface area contributed by atoms with Gasteiger partial charge in [0, 0.05) is 31.6 Å². The Morgan fingerprint density at radius 1 is 1.10 bits per heavy atom. The first-order valence-electron chi connectivity index (χ1n) is 7.44. The molecule has 0 aliphatic rings. The second kappa shape index (κ2) is 7.43. The standard InChI is InChI=1S/C15H29N5/c1-7-20(8-2)10-9-17-13-11-12(16-6)18-14(19-13)15(3,4)5/h11H,7-10H2,1-6H3,(H2,16,17,18,19). The minimum absolute atomic E-state index is 0.0534. The minimum Gasteiger partial charge on any atom is -0.373 e. The molecule has 0 bridgehead atoms. The number of nitrogens with one attached hydrogen (secondary N) is 2. The molecule has 0 saturated heterocycles. The summed E-state index contributed by atoms with van der Waals surface area (Å²) in [7, 11) is 1.88. The van der Waals surface area contributed by atoms with Gasteiger partial charge in [0.15, 0.2) is 0 Å². The van der Waals surface area contributed by atoms with Crippen molar-refractivity contribution in [1.29, 1.82) is 0 Å². The molecular formula is C15H29N5. The van der Waals surface area contributed by atoms with Crippen molar-refractivity contribution in [2.75, 3.05) is 43.9 Å². The highest BCUT2D eigenvalue weighted by Gasteiger charge is 2.18. The number of nitrogens with zero attached hydrogens (tertiary/aromatic N) is 3. The predicted octanol–water partition coefficient (Wildman–Crippen LogP) is 2.57. The van der Waals surface area contributed by atoms with E-state index in [0.717, 1.165) is 43.6 Å². The molecule has 0 radical (unpaired) electrons. The normalized spacial score (nSPS) is 11.8. The molecule has 0 saturated carbocycles. The van der Waals surface area contributed by atoms with Gasteiger partial charge < -0.3 is 15.5 Å². The van der Waals surface area contributed by atoms with E-state index >= 15 is 0 Å². The predicted molar refractivity (Wildman–Crippen MR) is 86.6 cm³/mol. The van der Waals surface area contributed by atoms with Gasteiger partial charge in [-0.25, -0.2) is 9.97 Å². The lowest BCUT2D eigenvalue weighted by Gasteiger charge is -2.20. The molecule has 5 heteroatoms. The van der Waals surface area contributed by atoms with Gasteiger partial charge >= 0.3 is 0 Å². The first-order valence-corrected chi connectivity index (χ1v) is 7.44. The summed E-state index contributed by atoms with van der Waals surface area (Å²) in [6.45, 7) is 14.8. The summed E-state index contributed by atoms with van der Waals surface area (Å²) in [5, 5.41) is 6.50. The van der Waals surface area contributed by atoms with Crippen molar-refractivity contribution in [3.63, 3.8) is 0 Å². The maximum absolute atomic E-state index is 4.62. The number of hydrogen-bond donors (Lipinski definition) is 2. The number of anilines is 2. The molecule has 0 aliphatic carbocycles. The van der Waals surface area contributed by atoms with Crippen molar-refractivity contribution >= 4 is 11.6 Å². The van der Waals surface area contributed by atoms with Crippen LogP contribution in [0.2, 0.25) is 0 Å². The molecule has 1 rings (SSSR count). The average Bonchev–Trinajstić information content (AvgIpc) is 2.42. The van der Waals surface area contributed by atoms with Crippen LogP contribution in [0.15, 0.2) is 6.07 Å². The largest absolute Gasteiger partial charge is 0.373 e. The van der Waals surface area contributed by atoms with Crippen LogP contribution in [-0.2, 0) is 5.41 Å². The van der Waals surface area contributed by atoms with Crippen LogP contribution in [0.5, 0.6) is 0 Å². The average molecular weight is 279 g/mol. The van der Waals surface area contributed by atoms with Crippen molar-refractivity contribution in [3.8, 4) is 0 Å². The van der Waals surface area contributed by atoms with E-state index in [9.17, 15) is 0 Å². The smallest absolute Gasteiger partial charge is 0.138 e. The summed E-state index contributed by atoms with van der Waals surface area (Å²) in [5.41, 5.74) is -0.0534. The molecule has 1 aromatic heterocycles. The minimum atomic E-state index is -0.0534. The van der Waals surface area contributed by atoms with Gasteiger partial charge in [-0.1, -0.05) is 34.6 Å². The van der Waals surface area contributed by atoms with E-state index in [0.29, 0.717) is 0 Å². The van der Waals surface area contributed by atoms with Crippen molar-refractivity contribution in [2.45, 2.75) is 40.0 Å². The summed E-state index contributed by atoms with van der Waals surface area (Å²) in [4.78, 5) is 11.5. The van der Waals surface area contributed by atoms with E-state index in [4.69, 9.17) is 0 Å². The highest BCUT2D eigenvalue weighted by Crippen LogP contribution is 2.21. The van der Waals surface area contributed by atoms with Gasteiger partial charge in [0.05, 0.1) is 0 Å². The van der Waals surface area contributed by atoms with Crippen molar-refractivity contribution in [1.82, 2.24) is 14.9 Å². The van der Waals surface area contributed by atoms with E-state index in [1.54, 1.807) is 0 Å². The van der Waals surface area contributed by atoms with Gasteiger partial charge in [-0.3, -0.25) is 0 Å². The van der Waals surface area contributed by atoms with Crippen LogP contribution in [0.4, 0.5) is 11.6 Å². The van der Waals surface area contributed by atoms with E-state index in [1.165, 1.54) is 0 Å². The van der Waals surface area contributed by atoms with Gasteiger partial charge in [-0.15, -0.1) is 0 Å². The Morgan fingerprint density at radius 2 is 1.70 bits per heavy atom. The fourth-order valence-corrected chi connectivity index (χ4v) is 1.88. The van der Waals surface area contributed by atoms with Gasteiger partial charge in [0.2, 0.25) is 0 Å². The molecule has 0 unspecified atom stereocenters. The zero-order valence-electron chi connectivity index (χ0n) is 13.7. The Morgan fingerprint density at radius 3 is 2.20 bits per heavy atom. The number of likely N-dealkylation sites (N-methyl/N-ethyl adjacent to an activating group) is 1. The monoisotopic (exact) mass is 279 g/mol. The molecule has 1 heterocycles. The second-order valence-electron chi connectivity index (χ2n) is 5.92. The molecule has 0 aromatic carbocycles. The van der Waals surface area contributed by atoms with Gasteiger partial charge in [-0.05, 0) is 13.1 Å². The molecule has 5 nitrogen and oxygen atoms in total. The lowest BCUT2D eigenvalue weighted by molar-refractivity contribution is 0.316. The summed E-state index contributed by atoms with van der Waals surface area (Å²) < 4.78 is 0. The third-order valence-electron chi connectivity index (χ3n) is 3.28. The van der Waals surface area contributed by atoms with Gasteiger partial charge in [0.25, 0.3) is 0 Å². The molecule has 0 spiro atoms. The van der Waals surface area contributed by atoms with Crippen LogP contribution >= 0.6 is 0 Å². The molecule has 0 aliphatic heterocycles. The molecular weight excluding hydrogens is 250 g/mol. The molecule has 20 heavy (non-hydrogen) atoms. The summed E-state index contributed by atoms with van der Waals surface area (Å²) in [5.74, 6) is 2.60. The summed E-state index contributed by atoms with van der Waals surface area (Å²) in [6, 6.07) is 1.96. The third-order valence-corrected chi connectivity index (χ3v) is 3.28. The lowest BCUT2D eigenvalue weighted by Crippen LogP contribution is -2.29. The first kappa shape index (κ1) is 16.7. The first-order chi connectivity index (χ1) is 9.40. The van der Waals surface area contributed by atoms with Crippen LogP contribution in [0.1, 0.15) is 40.4 Å². The van der Waals surface area contributed by atoms with E-state index < -0.39 is 0 Å². The lowest BCUT2D eigenvalue weighted by atomic mass is 9.96. The second-order valence-corrected chi connectivity index (χ2v) is 5.92. The van der Waals surface area contributed by atoms with Gasteiger partial charge in [0.1, 0.15) is 17.5 Å². The van der Waals surface area contributed by atoms with E-state index in [1.807, 2.05) is 13.1 Å².